The van der Waals surface area contributed by atoms with Gasteiger partial charge in [-0.25, -0.2) is 9.37 Å². The van der Waals surface area contributed by atoms with Crippen LogP contribution in [0.2, 0.25) is 0 Å². The highest BCUT2D eigenvalue weighted by Crippen LogP contribution is 2.28. The molecule has 1 atom stereocenters. The Balaban J connectivity index is 1.57. The Morgan fingerprint density at radius 1 is 1.18 bits per heavy atom. The van der Waals surface area contributed by atoms with Gasteiger partial charge in [-0.3, -0.25) is 9.69 Å². The summed E-state index contributed by atoms with van der Waals surface area (Å²) in [6, 6.07) is 14.3. The van der Waals surface area contributed by atoms with E-state index in [-0.39, 0.29) is 17.8 Å². The van der Waals surface area contributed by atoms with E-state index >= 15 is 0 Å². The molecule has 1 saturated heterocycles. The number of piperazine rings is 1. The molecule has 6 heteroatoms. The summed E-state index contributed by atoms with van der Waals surface area (Å²) < 4.78 is 14.3. The number of thiazole rings is 1. The zero-order valence-corrected chi connectivity index (χ0v) is 16.7. The Morgan fingerprint density at radius 2 is 2.00 bits per heavy atom. The Labute approximate surface area is 168 Å². The van der Waals surface area contributed by atoms with E-state index in [1.807, 2.05) is 54.6 Å². The van der Waals surface area contributed by atoms with Crippen LogP contribution in [-0.4, -0.2) is 47.4 Å². The molecule has 2 aromatic carbocycles. The summed E-state index contributed by atoms with van der Waals surface area (Å²) in [5.41, 5.74) is 3.20. The molecule has 4 nitrogen and oxygen atoms in total. The van der Waals surface area contributed by atoms with Gasteiger partial charge in [-0.15, -0.1) is 11.3 Å². The van der Waals surface area contributed by atoms with Crippen molar-refractivity contribution in [2.45, 2.75) is 13.0 Å². The summed E-state index contributed by atoms with van der Waals surface area (Å²) in [7, 11) is 1.98. The lowest BCUT2D eigenvalue weighted by atomic mass is 10.0. The Hall–Kier alpha value is -2.57. The molecule has 144 valence electrons. The first-order valence-electron chi connectivity index (χ1n) is 9.29. The summed E-state index contributed by atoms with van der Waals surface area (Å²) in [5, 5.41) is 2.92. The number of hydrogen-bond acceptors (Lipinski definition) is 4. The quantitative estimate of drug-likeness (QED) is 0.660. The Morgan fingerprint density at radius 3 is 2.75 bits per heavy atom. The zero-order valence-electron chi connectivity index (χ0n) is 15.9. The average molecular weight is 396 g/mol. The second-order valence-electron chi connectivity index (χ2n) is 7.14. The van der Waals surface area contributed by atoms with Crippen LogP contribution in [-0.2, 0) is 0 Å². The minimum absolute atomic E-state index is 0.0235. The monoisotopic (exact) mass is 395 g/mol. The van der Waals surface area contributed by atoms with Crippen molar-refractivity contribution < 1.29 is 9.18 Å². The lowest BCUT2D eigenvalue weighted by Crippen LogP contribution is -2.49. The van der Waals surface area contributed by atoms with E-state index in [4.69, 9.17) is 0 Å². The maximum Gasteiger partial charge on any atom is 0.253 e. The van der Waals surface area contributed by atoms with Gasteiger partial charge in [-0.1, -0.05) is 30.3 Å². The van der Waals surface area contributed by atoms with E-state index in [9.17, 15) is 9.18 Å². The fraction of sp³-hybridized carbons (Fsp3) is 0.273. The van der Waals surface area contributed by atoms with Crippen LogP contribution >= 0.6 is 11.3 Å². The van der Waals surface area contributed by atoms with E-state index in [2.05, 4.69) is 9.88 Å². The first-order chi connectivity index (χ1) is 13.5. The number of rotatable bonds is 3. The van der Waals surface area contributed by atoms with Gasteiger partial charge >= 0.3 is 0 Å². The molecule has 0 aliphatic carbocycles. The van der Waals surface area contributed by atoms with Crippen molar-refractivity contribution in [3.05, 3.63) is 76.5 Å². The van der Waals surface area contributed by atoms with Crippen molar-refractivity contribution in [3.8, 4) is 10.6 Å². The molecule has 1 fully saturated rings. The maximum absolute atomic E-state index is 14.3. The zero-order chi connectivity index (χ0) is 19.7. The van der Waals surface area contributed by atoms with Gasteiger partial charge in [0.15, 0.2) is 0 Å². The molecule has 0 radical (unpaired) electrons. The SMILES string of the molecule is Cc1csc(-c2cccc(C(=O)N3CCN(C)C(c4ccccc4F)C3)c2)n1. The van der Waals surface area contributed by atoms with Gasteiger partial charge in [0.05, 0.1) is 6.04 Å². The molecule has 4 rings (SSSR count). The highest BCUT2D eigenvalue weighted by Gasteiger charge is 2.30. The van der Waals surface area contributed by atoms with Gasteiger partial charge in [0.25, 0.3) is 5.91 Å². The van der Waals surface area contributed by atoms with Gasteiger partial charge in [0.1, 0.15) is 10.8 Å². The van der Waals surface area contributed by atoms with E-state index in [1.165, 1.54) is 6.07 Å². The normalized spacial score (nSPS) is 17.7. The topological polar surface area (TPSA) is 36.4 Å². The van der Waals surface area contributed by atoms with Gasteiger partial charge in [-0.2, -0.15) is 0 Å². The van der Waals surface area contributed by atoms with Crippen molar-refractivity contribution >= 4 is 17.2 Å². The van der Waals surface area contributed by atoms with Crippen LogP contribution in [0.4, 0.5) is 4.39 Å². The number of carbonyl (C=O) groups is 1. The molecule has 2 heterocycles. The molecule has 1 aliphatic rings. The van der Waals surface area contributed by atoms with Crippen LogP contribution in [0, 0.1) is 12.7 Å². The Kier molecular flexibility index (Phi) is 5.24. The molecule has 1 aliphatic heterocycles. The van der Waals surface area contributed by atoms with Gasteiger partial charge in [0.2, 0.25) is 0 Å². The number of benzene rings is 2. The number of hydrogen-bond donors (Lipinski definition) is 0. The third kappa shape index (κ3) is 3.70. The lowest BCUT2D eigenvalue weighted by Gasteiger charge is -2.39. The molecule has 0 bridgehead atoms. The highest BCUT2D eigenvalue weighted by atomic mass is 32.1. The van der Waals surface area contributed by atoms with Gasteiger partial charge in [0, 0.05) is 47.4 Å². The fourth-order valence-electron chi connectivity index (χ4n) is 3.59. The Bertz CT molecular complexity index is 1000. The van der Waals surface area contributed by atoms with E-state index in [1.54, 1.807) is 23.5 Å². The molecule has 1 amide bonds. The highest BCUT2D eigenvalue weighted by molar-refractivity contribution is 7.13. The van der Waals surface area contributed by atoms with Crippen LogP contribution < -0.4 is 0 Å². The molecule has 3 aromatic rings. The largest absolute Gasteiger partial charge is 0.335 e. The number of aryl methyl sites for hydroxylation is 1. The predicted octanol–water partition coefficient (Wildman–Crippen LogP) is 4.39. The number of halogens is 1. The average Bonchev–Trinajstić information content (AvgIpc) is 3.15. The van der Waals surface area contributed by atoms with E-state index in [0.717, 1.165) is 16.3 Å². The number of likely N-dealkylation sites (N-methyl/N-ethyl adjacent to an activating group) is 1. The van der Waals surface area contributed by atoms with E-state index < -0.39 is 0 Å². The first-order valence-corrected chi connectivity index (χ1v) is 10.2. The molecule has 0 saturated carbocycles. The molecule has 0 N–H and O–H groups in total. The molecule has 28 heavy (non-hydrogen) atoms. The molecule has 1 aromatic heterocycles. The van der Waals surface area contributed by atoms with Gasteiger partial charge < -0.3 is 4.90 Å². The minimum atomic E-state index is -0.227. The first kappa shape index (κ1) is 18.8. The third-order valence-electron chi connectivity index (χ3n) is 5.17. The summed E-state index contributed by atoms with van der Waals surface area (Å²) in [6.45, 7) is 3.76. The van der Waals surface area contributed by atoms with Crippen LogP contribution in [0.1, 0.15) is 27.7 Å². The van der Waals surface area contributed by atoms with Crippen molar-refractivity contribution in [1.29, 1.82) is 0 Å². The van der Waals surface area contributed by atoms with Crippen molar-refractivity contribution in [2.75, 3.05) is 26.7 Å². The summed E-state index contributed by atoms with van der Waals surface area (Å²) in [6.07, 6.45) is 0. The number of aromatic nitrogens is 1. The van der Waals surface area contributed by atoms with Crippen LogP contribution in [0.15, 0.2) is 53.9 Å². The fourth-order valence-corrected chi connectivity index (χ4v) is 4.39. The van der Waals surface area contributed by atoms with Crippen LogP contribution in [0.25, 0.3) is 10.6 Å². The smallest absolute Gasteiger partial charge is 0.253 e. The molecule has 0 spiro atoms. The standard InChI is InChI=1S/C22H22FN3OS/c1-15-14-28-21(24-15)16-6-5-7-17(12-16)22(27)26-11-10-25(2)20(13-26)18-8-3-4-9-19(18)23/h3-9,12,14,20H,10-11,13H2,1-2H3. The lowest BCUT2D eigenvalue weighted by molar-refractivity contribution is 0.0540. The van der Waals surface area contributed by atoms with Crippen LogP contribution in [0.3, 0.4) is 0 Å². The summed E-state index contributed by atoms with van der Waals surface area (Å²) in [4.78, 5) is 21.6. The summed E-state index contributed by atoms with van der Waals surface area (Å²) >= 11 is 1.57. The summed E-state index contributed by atoms with van der Waals surface area (Å²) in [5.74, 6) is -0.251. The van der Waals surface area contributed by atoms with Crippen molar-refractivity contribution in [3.63, 3.8) is 0 Å². The number of amides is 1. The van der Waals surface area contributed by atoms with Gasteiger partial charge in [-0.05, 0) is 32.2 Å². The molecular weight excluding hydrogens is 373 g/mol. The third-order valence-corrected chi connectivity index (χ3v) is 6.18. The van der Waals surface area contributed by atoms with Crippen molar-refractivity contribution in [2.24, 2.45) is 0 Å². The molecular formula is C22H22FN3OS. The number of carbonyl (C=O) groups excluding carboxylic acids is 1. The van der Waals surface area contributed by atoms with E-state index in [0.29, 0.717) is 30.8 Å². The molecule has 1 unspecified atom stereocenters. The van der Waals surface area contributed by atoms with Crippen LogP contribution in [0.5, 0.6) is 0 Å². The second kappa shape index (κ2) is 7.81. The number of nitrogens with zero attached hydrogens (tertiary/aromatic N) is 3. The maximum atomic E-state index is 14.3. The van der Waals surface area contributed by atoms with Crippen molar-refractivity contribution in [1.82, 2.24) is 14.8 Å². The predicted molar refractivity (Wildman–Crippen MR) is 110 cm³/mol. The minimum Gasteiger partial charge on any atom is -0.335 e. The second-order valence-corrected chi connectivity index (χ2v) is 8.00.